The van der Waals surface area contributed by atoms with Crippen LogP contribution in [-0.2, 0) is 31.2 Å². The van der Waals surface area contributed by atoms with Crippen molar-refractivity contribution < 1.29 is 4.74 Å². The van der Waals surface area contributed by atoms with Gasteiger partial charge >= 0.3 is 0 Å². The summed E-state index contributed by atoms with van der Waals surface area (Å²) in [5, 5.41) is 13.4. The van der Waals surface area contributed by atoms with E-state index >= 15 is 0 Å². The molecule has 2 aromatic heterocycles. The average Bonchev–Trinajstić information content (AvgIpc) is 3.56. The van der Waals surface area contributed by atoms with E-state index in [2.05, 4.69) is 49.8 Å². The molecule has 0 radical (unpaired) electrons. The molecule has 4 aliphatic heterocycles. The number of aryl methyl sites for hydroxylation is 2. The second-order valence-corrected chi connectivity index (χ2v) is 11.0. The highest BCUT2D eigenvalue weighted by Gasteiger charge is 2.33. The molecular weight excluding hydrogens is 486 g/mol. The Kier molecular flexibility index (Phi) is 7.49. The SMILES string of the molecule is C=CN1CCc2c(c(N3CCCc4cc(-c5cnn(C)c5)c(C5COC5)cc43)nn2C2CCNCC2)C1.CC. The van der Waals surface area contributed by atoms with Gasteiger partial charge in [-0.2, -0.15) is 10.2 Å². The number of nitrogens with one attached hydrogen (secondary N) is 1. The Morgan fingerprint density at radius 2 is 1.92 bits per heavy atom. The van der Waals surface area contributed by atoms with Crippen LogP contribution >= 0.6 is 0 Å². The van der Waals surface area contributed by atoms with Gasteiger partial charge in [0, 0.05) is 67.7 Å². The maximum atomic E-state index is 5.64. The van der Waals surface area contributed by atoms with Gasteiger partial charge in [0.2, 0.25) is 0 Å². The van der Waals surface area contributed by atoms with Crippen LogP contribution in [0.4, 0.5) is 11.5 Å². The van der Waals surface area contributed by atoms with Gasteiger partial charge in [-0.15, -0.1) is 0 Å². The van der Waals surface area contributed by atoms with E-state index in [1.807, 2.05) is 38.0 Å². The van der Waals surface area contributed by atoms with E-state index in [1.54, 1.807) is 0 Å². The van der Waals surface area contributed by atoms with E-state index in [9.17, 15) is 0 Å². The fourth-order valence-corrected chi connectivity index (χ4v) is 6.61. The third-order valence-electron chi connectivity index (χ3n) is 8.73. The Hall–Kier alpha value is -3.10. The van der Waals surface area contributed by atoms with Crippen LogP contribution in [0.15, 0.2) is 37.3 Å². The molecule has 6 heterocycles. The van der Waals surface area contributed by atoms with Crippen molar-refractivity contribution >= 4 is 11.5 Å². The maximum Gasteiger partial charge on any atom is 0.160 e. The number of fused-ring (bicyclic) bond motifs is 2. The second kappa shape index (κ2) is 11.2. The number of benzene rings is 1. The van der Waals surface area contributed by atoms with Gasteiger partial charge in [-0.05, 0) is 73.8 Å². The van der Waals surface area contributed by atoms with E-state index in [1.165, 1.54) is 39.2 Å². The summed E-state index contributed by atoms with van der Waals surface area (Å²) in [4.78, 5) is 4.87. The van der Waals surface area contributed by atoms with Crippen molar-refractivity contribution in [2.24, 2.45) is 7.05 Å². The molecule has 3 aromatic rings. The Morgan fingerprint density at radius 3 is 2.62 bits per heavy atom. The smallest absolute Gasteiger partial charge is 0.160 e. The van der Waals surface area contributed by atoms with E-state index < -0.39 is 0 Å². The first kappa shape index (κ1) is 26.1. The first-order valence-electron chi connectivity index (χ1n) is 14.9. The molecule has 2 saturated heterocycles. The molecule has 39 heavy (non-hydrogen) atoms. The number of anilines is 2. The summed E-state index contributed by atoms with van der Waals surface area (Å²) in [5.41, 5.74) is 9.45. The van der Waals surface area contributed by atoms with Gasteiger partial charge < -0.3 is 19.9 Å². The molecule has 0 unspecified atom stereocenters. The first-order chi connectivity index (χ1) is 19.2. The zero-order chi connectivity index (χ0) is 26.9. The summed E-state index contributed by atoms with van der Waals surface area (Å²) in [7, 11) is 1.99. The van der Waals surface area contributed by atoms with Gasteiger partial charge in [-0.25, -0.2) is 0 Å². The van der Waals surface area contributed by atoms with Crippen LogP contribution < -0.4 is 10.2 Å². The molecule has 8 nitrogen and oxygen atoms in total. The topological polar surface area (TPSA) is 63.4 Å². The third kappa shape index (κ3) is 4.78. The molecule has 7 rings (SSSR count). The Balaban J connectivity index is 0.00000135. The van der Waals surface area contributed by atoms with Crippen LogP contribution in [-0.4, -0.2) is 63.9 Å². The molecule has 8 heteroatoms. The molecule has 0 spiro atoms. The van der Waals surface area contributed by atoms with Crippen molar-refractivity contribution in [2.45, 2.75) is 64.5 Å². The number of hydrogen-bond donors (Lipinski definition) is 1. The first-order valence-corrected chi connectivity index (χ1v) is 14.9. The standard InChI is InChI=1S/C29H37N7O.C2H6/c1-3-34-12-8-27-26(17-34)29(32-36(27)23-6-9-30-10-7-23)35-11-4-5-20-13-24(21-15-31-33(2)16-21)25(14-28(20)35)22-18-37-19-22;1-2/h3,13-16,22-23,30H,1,4-12,17-19H2,2H3;1-2H3. The van der Waals surface area contributed by atoms with E-state index in [-0.39, 0.29) is 0 Å². The van der Waals surface area contributed by atoms with Gasteiger partial charge in [0.25, 0.3) is 0 Å². The van der Waals surface area contributed by atoms with E-state index in [0.29, 0.717) is 12.0 Å². The lowest BCUT2D eigenvalue weighted by Crippen LogP contribution is -2.32. The molecule has 0 aliphatic carbocycles. The summed E-state index contributed by atoms with van der Waals surface area (Å²) < 4.78 is 9.94. The number of aromatic nitrogens is 4. The molecule has 1 N–H and O–H groups in total. The second-order valence-electron chi connectivity index (χ2n) is 11.0. The third-order valence-corrected chi connectivity index (χ3v) is 8.73. The number of piperidine rings is 1. The summed E-state index contributed by atoms with van der Waals surface area (Å²) in [6.45, 7) is 14.7. The number of nitrogens with zero attached hydrogens (tertiary/aromatic N) is 6. The highest BCUT2D eigenvalue weighted by molar-refractivity contribution is 5.77. The van der Waals surface area contributed by atoms with Crippen molar-refractivity contribution in [3.8, 4) is 11.1 Å². The predicted octanol–water partition coefficient (Wildman–Crippen LogP) is 4.93. The zero-order valence-corrected chi connectivity index (χ0v) is 23.8. The van der Waals surface area contributed by atoms with Crippen molar-refractivity contribution in [1.29, 1.82) is 0 Å². The molecule has 208 valence electrons. The van der Waals surface area contributed by atoms with Crippen molar-refractivity contribution in [1.82, 2.24) is 29.8 Å². The number of rotatable bonds is 5. The van der Waals surface area contributed by atoms with Crippen molar-refractivity contribution in [3.63, 3.8) is 0 Å². The predicted molar refractivity (Wildman–Crippen MR) is 157 cm³/mol. The molecule has 1 aromatic carbocycles. The fourth-order valence-electron chi connectivity index (χ4n) is 6.61. The van der Waals surface area contributed by atoms with Gasteiger partial charge in [-0.1, -0.05) is 20.4 Å². The molecule has 2 fully saturated rings. The van der Waals surface area contributed by atoms with Crippen LogP contribution in [0, 0.1) is 0 Å². The van der Waals surface area contributed by atoms with E-state index in [0.717, 1.165) is 83.9 Å². The van der Waals surface area contributed by atoms with Crippen LogP contribution in [0.3, 0.4) is 0 Å². The summed E-state index contributed by atoms with van der Waals surface area (Å²) >= 11 is 0. The van der Waals surface area contributed by atoms with Crippen LogP contribution in [0.25, 0.3) is 11.1 Å². The maximum absolute atomic E-state index is 5.64. The largest absolute Gasteiger partial charge is 0.380 e. The van der Waals surface area contributed by atoms with Gasteiger partial charge in [0.1, 0.15) is 0 Å². The molecule has 0 bridgehead atoms. The zero-order valence-electron chi connectivity index (χ0n) is 23.8. The monoisotopic (exact) mass is 529 g/mol. The Bertz CT molecular complexity index is 1310. The molecule has 4 aliphatic rings. The lowest BCUT2D eigenvalue weighted by atomic mass is 9.86. The Labute approximate surface area is 232 Å². The Morgan fingerprint density at radius 1 is 1.10 bits per heavy atom. The average molecular weight is 530 g/mol. The number of hydrogen-bond acceptors (Lipinski definition) is 6. The highest BCUT2D eigenvalue weighted by Crippen LogP contribution is 2.44. The van der Waals surface area contributed by atoms with Crippen LogP contribution in [0.2, 0.25) is 0 Å². The summed E-state index contributed by atoms with van der Waals surface area (Å²) in [5.74, 6) is 1.59. The normalized spacial score (nSPS) is 19.6. The lowest BCUT2D eigenvalue weighted by Gasteiger charge is -2.35. The molecule has 0 atom stereocenters. The van der Waals surface area contributed by atoms with Crippen molar-refractivity contribution in [2.75, 3.05) is 44.3 Å². The fraction of sp³-hybridized carbons (Fsp3) is 0.548. The van der Waals surface area contributed by atoms with Gasteiger partial charge in [0.15, 0.2) is 5.82 Å². The summed E-state index contributed by atoms with van der Waals surface area (Å²) in [6.07, 6.45) is 11.7. The number of ether oxygens (including phenoxy) is 1. The highest BCUT2D eigenvalue weighted by atomic mass is 16.5. The van der Waals surface area contributed by atoms with Crippen LogP contribution in [0.1, 0.15) is 67.5 Å². The molecule has 0 saturated carbocycles. The van der Waals surface area contributed by atoms with Gasteiger partial charge in [0.05, 0.1) is 25.5 Å². The lowest BCUT2D eigenvalue weighted by molar-refractivity contribution is 0.00865. The molecular formula is C31H43N7O. The van der Waals surface area contributed by atoms with Crippen LogP contribution in [0.5, 0.6) is 0 Å². The van der Waals surface area contributed by atoms with Gasteiger partial charge in [-0.3, -0.25) is 9.36 Å². The minimum absolute atomic E-state index is 0.432. The minimum Gasteiger partial charge on any atom is -0.380 e. The van der Waals surface area contributed by atoms with E-state index in [4.69, 9.17) is 9.84 Å². The summed E-state index contributed by atoms with van der Waals surface area (Å²) in [6, 6.07) is 5.37. The molecule has 0 amide bonds. The quantitative estimate of drug-likeness (QED) is 0.506. The van der Waals surface area contributed by atoms with Crippen molar-refractivity contribution in [3.05, 3.63) is 59.7 Å². The minimum atomic E-state index is 0.432.